The van der Waals surface area contributed by atoms with Crippen LogP contribution in [0.15, 0.2) is 79.1 Å². The number of hydrogen-bond acceptors (Lipinski definition) is 3. The molecule has 5 heteroatoms. The van der Waals surface area contributed by atoms with Gasteiger partial charge in [-0.2, -0.15) is 0 Å². The van der Waals surface area contributed by atoms with E-state index in [4.69, 9.17) is 4.74 Å². The van der Waals surface area contributed by atoms with Crippen LogP contribution in [-0.4, -0.2) is 30.1 Å². The molecule has 5 nitrogen and oxygen atoms in total. The molecule has 0 atom stereocenters. The molecule has 25 heavy (non-hydrogen) atoms. The van der Waals surface area contributed by atoms with E-state index in [1.165, 1.54) is 4.90 Å². The highest BCUT2D eigenvalue weighted by Crippen LogP contribution is 2.13. The number of esters is 1. The summed E-state index contributed by atoms with van der Waals surface area (Å²) in [5.74, 6) is -0.808. The number of ether oxygens (including phenoxy) is 1. The third kappa shape index (κ3) is 3.95. The molecule has 1 heterocycles. The number of rotatable bonds is 5. The van der Waals surface area contributed by atoms with Crippen molar-refractivity contribution < 1.29 is 14.3 Å². The molecule has 0 spiro atoms. The fourth-order valence-electron chi connectivity index (χ4n) is 2.38. The predicted molar refractivity (Wildman–Crippen MR) is 95.9 cm³/mol. The first-order valence-corrected chi connectivity index (χ1v) is 7.87. The fourth-order valence-corrected chi connectivity index (χ4v) is 2.38. The van der Waals surface area contributed by atoms with Crippen LogP contribution in [0.5, 0.6) is 0 Å². The third-order valence-electron chi connectivity index (χ3n) is 3.85. The highest BCUT2D eigenvalue weighted by atomic mass is 16.5. The van der Waals surface area contributed by atoms with E-state index >= 15 is 0 Å². The lowest BCUT2D eigenvalue weighted by Gasteiger charge is -2.17. The largest absolute Gasteiger partial charge is 0.452 e. The third-order valence-corrected chi connectivity index (χ3v) is 3.85. The molecule has 0 fully saturated rings. The van der Waals surface area contributed by atoms with Crippen LogP contribution in [-0.2, 0) is 9.53 Å². The van der Waals surface area contributed by atoms with Crippen LogP contribution in [0.2, 0.25) is 0 Å². The molecule has 0 saturated carbocycles. The number of carbonyl (C=O) groups excluding carboxylic acids is 2. The van der Waals surface area contributed by atoms with Gasteiger partial charge < -0.3 is 14.2 Å². The van der Waals surface area contributed by atoms with Crippen molar-refractivity contribution in [2.45, 2.75) is 0 Å². The number of aromatic nitrogens is 1. The van der Waals surface area contributed by atoms with Gasteiger partial charge in [-0.3, -0.25) is 4.79 Å². The number of hydrogen-bond donors (Lipinski definition) is 0. The van der Waals surface area contributed by atoms with Crippen LogP contribution in [0, 0.1) is 0 Å². The normalized spacial score (nSPS) is 10.3. The molecule has 1 aromatic heterocycles. The Hall–Kier alpha value is -3.34. The van der Waals surface area contributed by atoms with Gasteiger partial charge in [-0.25, -0.2) is 4.79 Å². The zero-order valence-corrected chi connectivity index (χ0v) is 13.8. The second-order valence-corrected chi connectivity index (χ2v) is 5.50. The molecule has 3 aromatic rings. The van der Waals surface area contributed by atoms with Gasteiger partial charge in [-0.05, 0) is 48.5 Å². The van der Waals surface area contributed by atoms with Crippen LogP contribution < -0.4 is 4.90 Å². The van der Waals surface area contributed by atoms with Crippen molar-refractivity contribution in [2.24, 2.45) is 0 Å². The lowest BCUT2D eigenvalue weighted by atomic mass is 10.2. The number of nitrogens with zero attached hydrogens (tertiary/aromatic N) is 2. The van der Waals surface area contributed by atoms with Gasteiger partial charge in [0.2, 0.25) is 0 Å². The maximum Gasteiger partial charge on any atom is 0.338 e. The van der Waals surface area contributed by atoms with Crippen molar-refractivity contribution in [3.05, 3.63) is 84.7 Å². The molecule has 0 saturated heterocycles. The van der Waals surface area contributed by atoms with E-state index in [0.29, 0.717) is 5.56 Å². The molecule has 3 rings (SSSR count). The SMILES string of the molecule is CN(C(=O)COC(=O)c1ccc(-n2cccc2)cc1)c1ccccc1. The van der Waals surface area contributed by atoms with Crippen LogP contribution in [0.4, 0.5) is 5.69 Å². The second kappa shape index (κ2) is 7.49. The van der Waals surface area contributed by atoms with E-state index in [0.717, 1.165) is 11.4 Å². The quantitative estimate of drug-likeness (QED) is 0.673. The summed E-state index contributed by atoms with van der Waals surface area (Å²) in [6.45, 7) is -0.302. The molecule has 126 valence electrons. The lowest BCUT2D eigenvalue weighted by molar-refractivity contribution is -0.121. The smallest absolute Gasteiger partial charge is 0.338 e. The highest BCUT2D eigenvalue weighted by molar-refractivity contribution is 5.96. The fraction of sp³-hybridized carbons (Fsp3) is 0.100. The zero-order valence-electron chi connectivity index (χ0n) is 13.8. The first-order chi connectivity index (χ1) is 12.1. The molecular weight excluding hydrogens is 316 g/mol. The van der Waals surface area contributed by atoms with Crippen LogP contribution in [0.3, 0.4) is 0 Å². The number of amides is 1. The Morgan fingerprint density at radius 2 is 1.56 bits per heavy atom. The molecule has 0 N–H and O–H groups in total. The van der Waals surface area contributed by atoms with Crippen LogP contribution in [0.1, 0.15) is 10.4 Å². The van der Waals surface area contributed by atoms with Gasteiger partial charge in [0.25, 0.3) is 5.91 Å². The zero-order chi connectivity index (χ0) is 17.6. The minimum absolute atomic E-state index is 0.288. The Balaban J connectivity index is 1.58. The summed E-state index contributed by atoms with van der Waals surface area (Å²) < 4.78 is 7.06. The van der Waals surface area contributed by atoms with Gasteiger partial charge in [-0.15, -0.1) is 0 Å². The summed E-state index contributed by atoms with van der Waals surface area (Å²) in [5.41, 5.74) is 2.10. The summed E-state index contributed by atoms with van der Waals surface area (Å²) in [6.07, 6.45) is 3.84. The standard InChI is InChI=1S/C20H18N2O3/c1-21(17-7-3-2-4-8-17)19(23)15-25-20(24)16-9-11-18(12-10-16)22-13-5-6-14-22/h2-14H,15H2,1H3. The van der Waals surface area contributed by atoms with Gasteiger partial charge in [0.15, 0.2) is 6.61 Å². The first-order valence-electron chi connectivity index (χ1n) is 7.87. The summed E-state index contributed by atoms with van der Waals surface area (Å²) in [4.78, 5) is 25.7. The minimum atomic E-state index is -0.520. The Morgan fingerprint density at radius 3 is 2.20 bits per heavy atom. The second-order valence-electron chi connectivity index (χ2n) is 5.50. The molecule has 0 unspecified atom stereocenters. The van der Waals surface area contributed by atoms with Crippen molar-refractivity contribution in [3.63, 3.8) is 0 Å². The number of likely N-dealkylation sites (N-methyl/N-ethyl adjacent to an activating group) is 1. The molecule has 0 bridgehead atoms. The summed E-state index contributed by atoms with van der Waals surface area (Å²) in [6, 6.07) is 20.1. The Morgan fingerprint density at radius 1 is 0.920 bits per heavy atom. The van der Waals surface area contributed by atoms with Crippen LogP contribution in [0.25, 0.3) is 5.69 Å². The Labute approximate surface area is 146 Å². The van der Waals surface area contributed by atoms with E-state index < -0.39 is 5.97 Å². The number of benzene rings is 2. The van der Waals surface area contributed by atoms with E-state index in [-0.39, 0.29) is 12.5 Å². The van der Waals surface area contributed by atoms with E-state index in [2.05, 4.69) is 0 Å². The molecule has 1 amide bonds. The average molecular weight is 334 g/mol. The molecule has 0 aliphatic rings. The number of carbonyl (C=O) groups is 2. The predicted octanol–water partition coefficient (Wildman–Crippen LogP) is 3.30. The molecule has 0 aliphatic heterocycles. The summed E-state index contributed by atoms with van der Waals surface area (Å²) in [7, 11) is 1.65. The summed E-state index contributed by atoms with van der Waals surface area (Å²) >= 11 is 0. The molecular formula is C20H18N2O3. The van der Waals surface area contributed by atoms with Gasteiger partial charge in [0.1, 0.15) is 0 Å². The Kier molecular flexibility index (Phi) is 4.95. The van der Waals surface area contributed by atoms with Gasteiger partial charge in [-0.1, -0.05) is 18.2 Å². The topological polar surface area (TPSA) is 51.5 Å². The lowest BCUT2D eigenvalue weighted by Crippen LogP contribution is -2.31. The monoisotopic (exact) mass is 334 g/mol. The van der Waals surface area contributed by atoms with Crippen LogP contribution >= 0.6 is 0 Å². The Bertz CT molecular complexity index is 840. The van der Waals surface area contributed by atoms with Gasteiger partial charge >= 0.3 is 5.97 Å². The number of para-hydroxylation sites is 1. The van der Waals surface area contributed by atoms with Gasteiger partial charge in [0.05, 0.1) is 5.56 Å². The molecule has 0 aliphatic carbocycles. The van der Waals surface area contributed by atoms with Crippen molar-refractivity contribution in [3.8, 4) is 5.69 Å². The van der Waals surface area contributed by atoms with Gasteiger partial charge in [0, 0.05) is 30.8 Å². The van der Waals surface area contributed by atoms with Crippen molar-refractivity contribution >= 4 is 17.6 Å². The van der Waals surface area contributed by atoms with E-state index in [9.17, 15) is 9.59 Å². The summed E-state index contributed by atoms with van der Waals surface area (Å²) in [5, 5.41) is 0. The number of anilines is 1. The van der Waals surface area contributed by atoms with Crippen molar-refractivity contribution in [1.82, 2.24) is 4.57 Å². The maximum absolute atomic E-state index is 12.1. The first kappa shape index (κ1) is 16.5. The van der Waals surface area contributed by atoms with Crippen molar-refractivity contribution in [1.29, 1.82) is 0 Å². The maximum atomic E-state index is 12.1. The van der Waals surface area contributed by atoms with E-state index in [1.807, 2.05) is 71.6 Å². The molecule has 2 aromatic carbocycles. The van der Waals surface area contributed by atoms with Crippen molar-refractivity contribution in [2.75, 3.05) is 18.6 Å². The van der Waals surface area contributed by atoms with E-state index in [1.54, 1.807) is 19.2 Å². The molecule has 0 radical (unpaired) electrons. The minimum Gasteiger partial charge on any atom is -0.452 e. The average Bonchev–Trinajstić information content (AvgIpc) is 3.21. The highest BCUT2D eigenvalue weighted by Gasteiger charge is 2.14.